The Bertz CT molecular complexity index is 836. The van der Waals surface area contributed by atoms with Gasteiger partial charge in [0, 0.05) is 18.7 Å². The first-order valence-corrected chi connectivity index (χ1v) is 9.43. The average Bonchev–Trinajstić information content (AvgIpc) is 3.31. The zero-order chi connectivity index (χ0) is 20.8. The number of ether oxygens (including phenoxy) is 4. The van der Waals surface area contributed by atoms with E-state index in [4.69, 9.17) is 18.9 Å². The molecule has 0 unspecified atom stereocenters. The largest absolute Gasteiger partial charge is 0.493 e. The van der Waals surface area contributed by atoms with Crippen molar-refractivity contribution in [3.63, 3.8) is 0 Å². The van der Waals surface area contributed by atoms with E-state index in [1.54, 1.807) is 17.0 Å². The van der Waals surface area contributed by atoms with Crippen LogP contribution in [0.2, 0.25) is 0 Å². The lowest BCUT2D eigenvalue weighted by Crippen LogP contribution is -2.34. The highest BCUT2D eigenvalue weighted by atomic mass is 16.6. The molecule has 154 valence electrons. The number of carbonyl (C=O) groups is 2. The maximum absolute atomic E-state index is 13.0. The fraction of sp³-hybridized carbons (Fsp3) is 0.364. The molecule has 1 aliphatic heterocycles. The predicted molar refractivity (Wildman–Crippen MR) is 107 cm³/mol. The van der Waals surface area contributed by atoms with Crippen molar-refractivity contribution in [3.05, 3.63) is 53.6 Å². The van der Waals surface area contributed by atoms with Gasteiger partial charge in [0.05, 0.1) is 26.9 Å². The minimum atomic E-state index is -1.01. The summed E-state index contributed by atoms with van der Waals surface area (Å²) in [6, 6.07) is 12.0. The molecule has 3 rings (SSSR count). The van der Waals surface area contributed by atoms with E-state index >= 15 is 0 Å². The number of nitrogens with zero attached hydrogens (tertiary/aromatic N) is 1. The molecular weight excluding hydrogens is 374 g/mol. The molecule has 2 aromatic carbocycles. The van der Waals surface area contributed by atoms with Crippen LogP contribution in [0.25, 0.3) is 0 Å². The molecule has 1 heterocycles. The van der Waals surface area contributed by atoms with Crippen molar-refractivity contribution >= 4 is 11.9 Å². The van der Waals surface area contributed by atoms with Gasteiger partial charge in [-0.2, -0.15) is 0 Å². The Balaban J connectivity index is 1.91. The molecule has 0 spiro atoms. The van der Waals surface area contributed by atoms with E-state index in [0.717, 1.165) is 12.8 Å². The van der Waals surface area contributed by atoms with E-state index in [1.165, 1.54) is 33.5 Å². The Labute approximate surface area is 170 Å². The molecule has 0 bridgehead atoms. The molecule has 7 heteroatoms. The molecule has 0 aromatic heterocycles. The molecule has 1 aliphatic rings. The summed E-state index contributed by atoms with van der Waals surface area (Å²) >= 11 is 0. The molecule has 1 saturated heterocycles. The van der Waals surface area contributed by atoms with Crippen LogP contribution >= 0.6 is 0 Å². The van der Waals surface area contributed by atoms with E-state index in [0.29, 0.717) is 35.9 Å². The molecule has 1 amide bonds. The van der Waals surface area contributed by atoms with E-state index in [2.05, 4.69) is 0 Å². The van der Waals surface area contributed by atoms with Crippen LogP contribution in [0.3, 0.4) is 0 Å². The number of methoxy groups -OCH3 is 3. The Morgan fingerprint density at radius 3 is 2.00 bits per heavy atom. The number of likely N-dealkylation sites (tertiary alicyclic amines) is 1. The van der Waals surface area contributed by atoms with E-state index in [-0.39, 0.29) is 11.5 Å². The molecule has 1 fully saturated rings. The average molecular weight is 399 g/mol. The zero-order valence-corrected chi connectivity index (χ0v) is 16.8. The highest BCUT2D eigenvalue weighted by molar-refractivity contribution is 5.94. The van der Waals surface area contributed by atoms with Crippen LogP contribution in [-0.4, -0.2) is 51.2 Å². The molecular formula is C22H25NO6. The van der Waals surface area contributed by atoms with Crippen molar-refractivity contribution in [3.8, 4) is 17.2 Å². The van der Waals surface area contributed by atoms with Crippen LogP contribution in [0.4, 0.5) is 0 Å². The third-order valence-electron chi connectivity index (χ3n) is 4.87. The van der Waals surface area contributed by atoms with Crippen molar-refractivity contribution in [2.45, 2.75) is 18.9 Å². The second kappa shape index (κ2) is 9.32. The van der Waals surface area contributed by atoms with Gasteiger partial charge in [-0.05, 0) is 25.0 Å². The second-order valence-corrected chi connectivity index (χ2v) is 6.64. The Kier molecular flexibility index (Phi) is 6.59. The minimum absolute atomic E-state index is 0.203. The molecule has 0 N–H and O–H groups in total. The highest BCUT2D eigenvalue weighted by Gasteiger charge is 2.31. The number of rotatable bonds is 7. The molecule has 0 saturated carbocycles. The van der Waals surface area contributed by atoms with E-state index < -0.39 is 12.1 Å². The lowest BCUT2D eigenvalue weighted by molar-refractivity contribution is -0.140. The first kappa shape index (κ1) is 20.5. The monoisotopic (exact) mass is 399 g/mol. The number of carbonyl (C=O) groups excluding carboxylic acids is 2. The van der Waals surface area contributed by atoms with Crippen molar-refractivity contribution in [1.82, 2.24) is 4.90 Å². The Hall–Kier alpha value is -3.22. The van der Waals surface area contributed by atoms with E-state index in [1.807, 2.05) is 18.2 Å². The second-order valence-electron chi connectivity index (χ2n) is 6.64. The van der Waals surface area contributed by atoms with Gasteiger partial charge < -0.3 is 23.8 Å². The summed E-state index contributed by atoms with van der Waals surface area (Å²) in [5.41, 5.74) is 0.833. The van der Waals surface area contributed by atoms with Crippen molar-refractivity contribution in [2.75, 3.05) is 34.4 Å². The molecule has 29 heavy (non-hydrogen) atoms. The topological polar surface area (TPSA) is 74.3 Å². The standard InChI is InChI=1S/C22H25NO6/c1-26-17-13-16(14-18(27-2)20(17)28-3)22(25)29-19(15-9-5-4-6-10-15)21(24)23-11-7-8-12-23/h4-6,9-10,13-14,19H,7-8,11-12H2,1-3H3/t19-/m0/s1. The van der Waals surface area contributed by atoms with Crippen molar-refractivity contribution < 1.29 is 28.5 Å². The van der Waals surface area contributed by atoms with Crippen LogP contribution in [0.1, 0.15) is 34.9 Å². The van der Waals surface area contributed by atoms with Gasteiger partial charge in [-0.1, -0.05) is 30.3 Å². The summed E-state index contributed by atoms with van der Waals surface area (Å²) in [6.45, 7) is 1.34. The zero-order valence-electron chi connectivity index (χ0n) is 16.8. The smallest absolute Gasteiger partial charge is 0.339 e. The molecule has 0 aliphatic carbocycles. The summed E-state index contributed by atoms with van der Waals surface area (Å²) in [5, 5.41) is 0. The quantitative estimate of drug-likeness (QED) is 0.666. The number of hydrogen-bond acceptors (Lipinski definition) is 6. The van der Waals surface area contributed by atoms with Crippen LogP contribution in [-0.2, 0) is 9.53 Å². The van der Waals surface area contributed by atoms with Gasteiger partial charge in [0.1, 0.15) is 0 Å². The third kappa shape index (κ3) is 4.45. The summed E-state index contributed by atoms with van der Waals surface area (Å²) in [7, 11) is 4.42. The number of hydrogen-bond donors (Lipinski definition) is 0. The lowest BCUT2D eigenvalue weighted by Gasteiger charge is -2.24. The van der Waals surface area contributed by atoms with Gasteiger partial charge in [-0.25, -0.2) is 4.79 Å². The number of amides is 1. The van der Waals surface area contributed by atoms with E-state index in [9.17, 15) is 9.59 Å². The van der Waals surface area contributed by atoms with Gasteiger partial charge in [-0.3, -0.25) is 4.79 Å². The summed E-state index contributed by atoms with van der Waals surface area (Å²) < 4.78 is 21.6. The van der Waals surface area contributed by atoms with Crippen LogP contribution in [0, 0.1) is 0 Å². The predicted octanol–water partition coefficient (Wildman–Crippen LogP) is 3.23. The minimum Gasteiger partial charge on any atom is -0.493 e. The summed E-state index contributed by atoms with van der Waals surface area (Å²) in [4.78, 5) is 27.7. The molecule has 1 atom stereocenters. The lowest BCUT2D eigenvalue weighted by atomic mass is 10.1. The summed E-state index contributed by atoms with van der Waals surface area (Å²) in [5.74, 6) is 0.182. The normalized spacial score (nSPS) is 14.2. The molecule has 2 aromatic rings. The first-order chi connectivity index (χ1) is 14.1. The third-order valence-corrected chi connectivity index (χ3v) is 4.87. The summed E-state index contributed by atoms with van der Waals surface area (Å²) in [6.07, 6.45) is 0.892. The molecule has 0 radical (unpaired) electrons. The van der Waals surface area contributed by atoms with Crippen LogP contribution in [0.5, 0.6) is 17.2 Å². The van der Waals surface area contributed by atoms with Gasteiger partial charge in [0.15, 0.2) is 11.5 Å². The maximum atomic E-state index is 13.0. The van der Waals surface area contributed by atoms with Gasteiger partial charge in [0.2, 0.25) is 11.9 Å². The first-order valence-electron chi connectivity index (χ1n) is 9.43. The maximum Gasteiger partial charge on any atom is 0.339 e. The molecule has 7 nitrogen and oxygen atoms in total. The fourth-order valence-corrected chi connectivity index (χ4v) is 3.37. The van der Waals surface area contributed by atoms with Crippen LogP contribution < -0.4 is 14.2 Å². The fourth-order valence-electron chi connectivity index (χ4n) is 3.37. The Morgan fingerprint density at radius 1 is 0.897 bits per heavy atom. The van der Waals surface area contributed by atoms with Gasteiger partial charge >= 0.3 is 5.97 Å². The van der Waals surface area contributed by atoms with Gasteiger partial charge in [0.25, 0.3) is 5.91 Å². The van der Waals surface area contributed by atoms with Crippen molar-refractivity contribution in [2.24, 2.45) is 0 Å². The van der Waals surface area contributed by atoms with Gasteiger partial charge in [-0.15, -0.1) is 0 Å². The Morgan fingerprint density at radius 2 is 1.48 bits per heavy atom. The number of benzene rings is 2. The SMILES string of the molecule is COc1cc(C(=O)O[C@H](C(=O)N2CCCC2)c2ccccc2)cc(OC)c1OC. The highest BCUT2D eigenvalue weighted by Crippen LogP contribution is 2.38. The number of esters is 1. The van der Waals surface area contributed by atoms with Crippen molar-refractivity contribution in [1.29, 1.82) is 0 Å². The van der Waals surface area contributed by atoms with Crippen LogP contribution in [0.15, 0.2) is 42.5 Å².